The molecule has 2 N–H and O–H groups in total. The summed E-state index contributed by atoms with van der Waals surface area (Å²) in [6, 6.07) is 0. The maximum atomic E-state index is 8.78. The lowest BCUT2D eigenvalue weighted by molar-refractivity contribution is -0.148. The van der Waals surface area contributed by atoms with Crippen LogP contribution < -0.4 is 0 Å². The van der Waals surface area contributed by atoms with E-state index in [1.54, 1.807) is 0 Å². The van der Waals surface area contributed by atoms with E-state index in [-0.39, 0.29) is 25.4 Å². The van der Waals surface area contributed by atoms with Crippen LogP contribution in [0, 0.1) is 0 Å². The summed E-state index contributed by atoms with van der Waals surface area (Å²) >= 11 is 0. The van der Waals surface area contributed by atoms with E-state index in [2.05, 4.69) is 0 Å². The van der Waals surface area contributed by atoms with Crippen LogP contribution in [0.15, 0.2) is 0 Å². The summed E-state index contributed by atoms with van der Waals surface area (Å²) in [4.78, 5) is 0. The van der Waals surface area contributed by atoms with Crippen molar-refractivity contribution >= 4 is 0 Å². The monoisotopic (exact) mass is 190 g/mol. The highest BCUT2D eigenvalue weighted by atomic mass is 16.7. The molecule has 0 spiro atoms. The lowest BCUT2D eigenvalue weighted by Gasteiger charge is -2.16. The Kier molecular flexibility index (Phi) is 3.67. The predicted octanol–water partition coefficient (Wildman–Crippen LogP) is 0.271. The van der Waals surface area contributed by atoms with Crippen LogP contribution in [0.2, 0.25) is 0 Å². The lowest BCUT2D eigenvalue weighted by atomic mass is 10.1. The molecule has 4 nitrogen and oxygen atoms in total. The molecule has 78 valence electrons. The van der Waals surface area contributed by atoms with Gasteiger partial charge in [0.2, 0.25) is 0 Å². The Bertz CT molecular complexity index is 142. The third kappa shape index (κ3) is 2.91. The molecule has 0 aromatic rings. The highest BCUT2D eigenvalue weighted by Crippen LogP contribution is 2.31. The van der Waals surface area contributed by atoms with Gasteiger partial charge in [0.05, 0.1) is 12.2 Å². The average molecular weight is 190 g/mol. The van der Waals surface area contributed by atoms with Gasteiger partial charge in [-0.15, -0.1) is 0 Å². The highest BCUT2D eigenvalue weighted by Gasteiger charge is 2.40. The SMILES string of the molecule is CC1(C)O[C@H](CCO)[C@@H](CCO)O1. The Morgan fingerprint density at radius 3 is 1.69 bits per heavy atom. The maximum absolute atomic E-state index is 8.78. The summed E-state index contributed by atoms with van der Waals surface area (Å²) in [5, 5.41) is 17.6. The first kappa shape index (κ1) is 10.9. The Morgan fingerprint density at radius 2 is 1.38 bits per heavy atom. The number of rotatable bonds is 4. The summed E-state index contributed by atoms with van der Waals surface area (Å²) in [6.07, 6.45) is 0.946. The number of ether oxygens (including phenoxy) is 2. The van der Waals surface area contributed by atoms with Gasteiger partial charge in [-0.25, -0.2) is 0 Å². The fourth-order valence-corrected chi connectivity index (χ4v) is 1.65. The molecule has 0 bridgehead atoms. The van der Waals surface area contributed by atoms with Crippen molar-refractivity contribution in [3.05, 3.63) is 0 Å². The Balaban J connectivity index is 2.49. The van der Waals surface area contributed by atoms with E-state index in [0.717, 1.165) is 0 Å². The predicted molar refractivity (Wildman–Crippen MR) is 47.2 cm³/mol. The van der Waals surface area contributed by atoms with E-state index < -0.39 is 5.79 Å². The fourth-order valence-electron chi connectivity index (χ4n) is 1.65. The topological polar surface area (TPSA) is 58.9 Å². The van der Waals surface area contributed by atoms with Crippen LogP contribution in [0.3, 0.4) is 0 Å². The molecule has 0 aromatic heterocycles. The molecule has 0 saturated carbocycles. The smallest absolute Gasteiger partial charge is 0.163 e. The first-order chi connectivity index (χ1) is 6.09. The zero-order chi connectivity index (χ0) is 9.90. The second-order valence-corrected chi connectivity index (χ2v) is 3.74. The summed E-state index contributed by atoms with van der Waals surface area (Å²) in [6.45, 7) is 3.86. The number of hydrogen-bond donors (Lipinski definition) is 2. The second-order valence-electron chi connectivity index (χ2n) is 3.74. The first-order valence-electron chi connectivity index (χ1n) is 4.66. The van der Waals surface area contributed by atoms with E-state index in [4.69, 9.17) is 19.7 Å². The van der Waals surface area contributed by atoms with Gasteiger partial charge in [-0.2, -0.15) is 0 Å². The average Bonchev–Trinajstić information content (AvgIpc) is 2.28. The third-order valence-corrected chi connectivity index (χ3v) is 2.11. The van der Waals surface area contributed by atoms with Crippen LogP contribution >= 0.6 is 0 Å². The number of aliphatic hydroxyl groups excluding tert-OH is 2. The van der Waals surface area contributed by atoms with Crippen molar-refractivity contribution in [3.8, 4) is 0 Å². The Morgan fingerprint density at radius 1 is 1.00 bits per heavy atom. The van der Waals surface area contributed by atoms with Crippen molar-refractivity contribution in [3.63, 3.8) is 0 Å². The van der Waals surface area contributed by atoms with Crippen molar-refractivity contribution < 1.29 is 19.7 Å². The van der Waals surface area contributed by atoms with Crippen molar-refractivity contribution in [1.82, 2.24) is 0 Å². The maximum Gasteiger partial charge on any atom is 0.163 e. The zero-order valence-corrected chi connectivity index (χ0v) is 8.19. The van der Waals surface area contributed by atoms with Crippen LogP contribution in [-0.4, -0.2) is 41.4 Å². The van der Waals surface area contributed by atoms with E-state index in [9.17, 15) is 0 Å². The summed E-state index contributed by atoms with van der Waals surface area (Å²) in [7, 11) is 0. The van der Waals surface area contributed by atoms with Gasteiger partial charge in [-0.3, -0.25) is 0 Å². The Hall–Kier alpha value is -0.160. The highest BCUT2D eigenvalue weighted by molar-refractivity contribution is 4.80. The van der Waals surface area contributed by atoms with Crippen LogP contribution in [0.1, 0.15) is 26.7 Å². The van der Waals surface area contributed by atoms with Crippen LogP contribution in [0.4, 0.5) is 0 Å². The largest absolute Gasteiger partial charge is 0.396 e. The third-order valence-electron chi connectivity index (χ3n) is 2.11. The van der Waals surface area contributed by atoms with Crippen molar-refractivity contribution in [2.45, 2.75) is 44.7 Å². The minimum Gasteiger partial charge on any atom is -0.396 e. The van der Waals surface area contributed by atoms with Crippen molar-refractivity contribution in [2.75, 3.05) is 13.2 Å². The minimum absolute atomic E-state index is 0.0893. The molecule has 1 rings (SSSR count). The zero-order valence-electron chi connectivity index (χ0n) is 8.19. The molecule has 0 radical (unpaired) electrons. The lowest BCUT2D eigenvalue weighted by Crippen LogP contribution is -2.24. The Labute approximate surface area is 78.5 Å². The molecule has 4 heteroatoms. The number of hydrogen-bond acceptors (Lipinski definition) is 4. The second kappa shape index (κ2) is 4.37. The van der Waals surface area contributed by atoms with E-state index in [1.807, 2.05) is 13.8 Å². The number of aliphatic hydroxyl groups is 2. The summed E-state index contributed by atoms with van der Waals surface area (Å²) in [5.41, 5.74) is 0. The molecule has 1 saturated heterocycles. The molecular formula is C9H18O4. The molecule has 13 heavy (non-hydrogen) atoms. The van der Waals surface area contributed by atoms with E-state index in [1.165, 1.54) is 0 Å². The van der Waals surface area contributed by atoms with Gasteiger partial charge in [0.1, 0.15) is 0 Å². The van der Waals surface area contributed by atoms with Crippen LogP contribution in [0.5, 0.6) is 0 Å². The minimum atomic E-state index is -0.584. The summed E-state index contributed by atoms with van der Waals surface area (Å²) in [5.74, 6) is -0.584. The fraction of sp³-hybridized carbons (Fsp3) is 1.00. The van der Waals surface area contributed by atoms with Crippen molar-refractivity contribution in [1.29, 1.82) is 0 Å². The molecule has 1 fully saturated rings. The molecule has 0 amide bonds. The van der Waals surface area contributed by atoms with E-state index >= 15 is 0 Å². The van der Waals surface area contributed by atoms with Gasteiger partial charge in [-0.1, -0.05) is 0 Å². The standard InChI is InChI=1S/C9H18O4/c1-9(2)12-7(3-5-10)8(13-9)4-6-11/h7-8,10-11H,3-6H2,1-2H3/t7-,8-/m1/s1. The molecule has 1 aliphatic heterocycles. The molecular weight excluding hydrogens is 172 g/mol. The normalized spacial score (nSPS) is 32.3. The van der Waals surface area contributed by atoms with Gasteiger partial charge >= 0.3 is 0 Å². The molecule has 1 heterocycles. The first-order valence-corrected chi connectivity index (χ1v) is 4.66. The van der Waals surface area contributed by atoms with Gasteiger partial charge < -0.3 is 19.7 Å². The molecule has 2 atom stereocenters. The molecule has 0 aliphatic carbocycles. The van der Waals surface area contributed by atoms with Crippen LogP contribution in [0.25, 0.3) is 0 Å². The molecule has 0 aromatic carbocycles. The van der Waals surface area contributed by atoms with Gasteiger partial charge in [0.15, 0.2) is 5.79 Å². The van der Waals surface area contributed by atoms with E-state index in [0.29, 0.717) is 12.8 Å². The molecule has 1 aliphatic rings. The van der Waals surface area contributed by atoms with Crippen LogP contribution in [-0.2, 0) is 9.47 Å². The van der Waals surface area contributed by atoms with Gasteiger partial charge in [0, 0.05) is 13.2 Å². The quantitative estimate of drug-likeness (QED) is 0.668. The summed E-state index contributed by atoms with van der Waals surface area (Å²) < 4.78 is 11.1. The van der Waals surface area contributed by atoms with Gasteiger partial charge in [0.25, 0.3) is 0 Å². The van der Waals surface area contributed by atoms with Crippen molar-refractivity contribution in [2.24, 2.45) is 0 Å². The molecule has 0 unspecified atom stereocenters. The van der Waals surface area contributed by atoms with Gasteiger partial charge in [-0.05, 0) is 26.7 Å².